The molecule has 3 unspecified atom stereocenters. The van der Waals surface area contributed by atoms with Crippen LogP contribution in [0.4, 0.5) is 4.79 Å². The molecule has 2 amide bonds. The zero-order valence-corrected chi connectivity index (χ0v) is 16.5. The number of rotatable bonds is 5. The molecule has 3 aliphatic rings. The van der Waals surface area contributed by atoms with Gasteiger partial charge in [0, 0.05) is 37.0 Å². The van der Waals surface area contributed by atoms with Gasteiger partial charge >= 0.3 is 6.09 Å². The highest BCUT2D eigenvalue weighted by atomic mass is 16.6. The monoisotopic (exact) mass is 388 g/mol. The Morgan fingerprint density at radius 1 is 1.14 bits per heavy atom. The van der Waals surface area contributed by atoms with Gasteiger partial charge in [0.2, 0.25) is 5.91 Å². The second-order valence-corrected chi connectivity index (χ2v) is 7.95. The zero-order valence-electron chi connectivity index (χ0n) is 16.5. The number of methoxy groups -OCH3 is 2. The predicted octanol–water partition coefficient (Wildman–Crippen LogP) is 2.72. The first-order valence-corrected chi connectivity index (χ1v) is 10.1. The highest BCUT2D eigenvalue weighted by Crippen LogP contribution is 2.45. The van der Waals surface area contributed by atoms with Crippen LogP contribution in [-0.4, -0.2) is 49.8 Å². The number of hydrogen-bond donors (Lipinski definition) is 1. The summed E-state index contributed by atoms with van der Waals surface area (Å²) < 4.78 is 16.3. The number of benzene rings is 1. The van der Waals surface area contributed by atoms with Crippen molar-refractivity contribution in [3.8, 4) is 11.5 Å². The fourth-order valence-electron chi connectivity index (χ4n) is 5.01. The van der Waals surface area contributed by atoms with Crippen molar-refractivity contribution in [2.45, 2.75) is 50.8 Å². The number of hydrogen-bond acceptors (Lipinski definition) is 5. The molecule has 2 bridgehead atoms. The maximum Gasteiger partial charge on any atom is 0.407 e. The van der Waals surface area contributed by atoms with Crippen LogP contribution in [0.1, 0.15) is 37.7 Å². The average Bonchev–Trinajstić information content (AvgIpc) is 3.10. The molecule has 0 aromatic heterocycles. The van der Waals surface area contributed by atoms with Crippen LogP contribution >= 0.6 is 0 Å². The van der Waals surface area contributed by atoms with Gasteiger partial charge in [-0.3, -0.25) is 4.79 Å². The number of nitrogens with zero attached hydrogens (tertiary/aromatic N) is 1. The van der Waals surface area contributed by atoms with Crippen molar-refractivity contribution in [3.63, 3.8) is 0 Å². The Hall–Kier alpha value is -2.44. The molecule has 0 radical (unpaired) electrons. The maximum atomic E-state index is 12.6. The van der Waals surface area contributed by atoms with Gasteiger partial charge in [0.15, 0.2) is 0 Å². The van der Waals surface area contributed by atoms with E-state index in [1.54, 1.807) is 20.3 Å². The summed E-state index contributed by atoms with van der Waals surface area (Å²) in [5.41, 5.74) is 0.868. The Labute approximate surface area is 165 Å². The minimum atomic E-state index is -0.436. The van der Waals surface area contributed by atoms with E-state index < -0.39 is 6.09 Å². The molecule has 1 saturated carbocycles. The van der Waals surface area contributed by atoms with Gasteiger partial charge < -0.3 is 24.4 Å². The smallest absolute Gasteiger partial charge is 0.407 e. The van der Waals surface area contributed by atoms with E-state index in [0.717, 1.165) is 37.8 Å². The number of carbonyl (C=O) groups is 2. The Kier molecular flexibility index (Phi) is 5.33. The quantitative estimate of drug-likeness (QED) is 0.839. The predicted molar refractivity (Wildman–Crippen MR) is 102 cm³/mol. The van der Waals surface area contributed by atoms with Gasteiger partial charge in [-0.25, -0.2) is 4.79 Å². The van der Waals surface area contributed by atoms with E-state index in [-0.39, 0.29) is 29.9 Å². The van der Waals surface area contributed by atoms with E-state index in [1.165, 1.54) is 0 Å². The minimum absolute atomic E-state index is 0.0137. The van der Waals surface area contributed by atoms with Gasteiger partial charge in [-0.1, -0.05) is 0 Å². The molecule has 1 aromatic rings. The number of nitrogens with one attached hydrogen (secondary N) is 1. The van der Waals surface area contributed by atoms with Crippen molar-refractivity contribution in [2.75, 3.05) is 20.8 Å². The van der Waals surface area contributed by atoms with Crippen LogP contribution in [0, 0.1) is 11.8 Å². The number of piperidine rings is 2. The lowest BCUT2D eigenvalue weighted by Crippen LogP contribution is -2.53. The number of amides is 2. The summed E-state index contributed by atoms with van der Waals surface area (Å²) in [5, 5.41) is 2.82. The summed E-state index contributed by atoms with van der Waals surface area (Å²) in [6.07, 6.45) is 4.14. The van der Waals surface area contributed by atoms with Crippen molar-refractivity contribution in [3.05, 3.63) is 23.8 Å². The van der Waals surface area contributed by atoms with E-state index in [4.69, 9.17) is 14.2 Å². The summed E-state index contributed by atoms with van der Waals surface area (Å²) in [4.78, 5) is 27.1. The summed E-state index contributed by atoms with van der Waals surface area (Å²) in [7, 11) is 3.18. The molecule has 28 heavy (non-hydrogen) atoms. The Morgan fingerprint density at radius 2 is 1.89 bits per heavy atom. The van der Waals surface area contributed by atoms with Crippen molar-refractivity contribution in [2.24, 2.45) is 11.8 Å². The highest BCUT2D eigenvalue weighted by molar-refractivity contribution is 5.81. The zero-order chi connectivity index (χ0) is 19.7. The summed E-state index contributed by atoms with van der Waals surface area (Å²) in [6, 6.07) is 5.72. The van der Waals surface area contributed by atoms with Crippen LogP contribution < -0.4 is 14.8 Å². The summed E-state index contributed by atoms with van der Waals surface area (Å²) >= 11 is 0. The van der Waals surface area contributed by atoms with Crippen LogP contribution in [-0.2, 0) is 16.1 Å². The third-order valence-corrected chi connectivity index (χ3v) is 6.33. The second-order valence-electron chi connectivity index (χ2n) is 7.95. The minimum Gasteiger partial charge on any atom is -0.497 e. The first-order chi connectivity index (χ1) is 13.6. The second kappa shape index (κ2) is 7.89. The number of ether oxygens (including phenoxy) is 3. The van der Waals surface area contributed by atoms with Gasteiger partial charge in [0.05, 0.1) is 14.2 Å². The largest absolute Gasteiger partial charge is 0.497 e. The summed E-state index contributed by atoms with van der Waals surface area (Å²) in [5.74, 6) is 1.89. The molecule has 7 nitrogen and oxygen atoms in total. The van der Waals surface area contributed by atoms with E-state index >= 15 is 0 Å². The van der Waals surface area contributed by atoms with E-state index in [2.05, 4.69) is 5.32 Å². The SMILES string of the molecule is COc1cc(CNC(=O)OC2CC3CC2[C@H]2CCCCN2C3=O)cc(OC)c1. The van der Waals surface area contributed by atoms with Gasteiger partial charge in [-0.15, -0.1) is 0 Å². The molecular weight excluding hydrogens is 360 g/mol. The molecule has 1 aromatic carbocycles. The molecule has 7 heteroatoms. The molecule has 3 fully saturated rings. The maximum absolute atomic E-state index is 12.6. The third kappa shape index (κ3) is 3.62. The molecule has 2 aliphatic heterocycles. The van der Waals surface area contributed by atoms with E-state index in [1.807, 2.05) is 17.0 Å². The normalized spacial score (nSPS) is 28.5. The van der Waals surface area contributed by atoms with Gasteiger partial charge in [-0.2, -0.15) is 0 Å². The molecule has 2 heterocycles. The lowest BCUT2D eigenvalue weighted by Gasteiger charge is -2.43. The molecule has 1 N–H and O–H groups in total. The highest BCUT2D eigenvalue weighted by Gasteiger charge is 2.52. The number of carbonyl (C=O) groups excluding carboxylic acids is 2. The Balaban J connectivity index is 1.36. The third-order valence-electron chi connectivity index (χ3n) is 6.33. The molecule has 4 atom stereocenters. The number of fused-ring (bicyclic) bond motifs is 4. The van der Waals surface area contributed by atoms with E-state index in [9.17, 15) is 9.59 Å². The number of alkyl carbamates (subject to hydrolysis) is 1. The van der Waals surface area contributed by atoms with Crippen LogP contribution in [0.5, 0.6) is 11.5 Å². The summed E-state index contributed by atoms with van der Waals surface area (Å²) in [6.45, 7) is 1.18. The van der Waals surface area contributed by atoms with Crippen LogP contribution in [0.25, 0.3) is 0 Å². The molecule has 2 saturated heterocycles. The van der Waals surface area contributed by atoms with Gasteiger partial charge in [0.1, 0.15) is 17.6 Å². The van der Waals surface area contributed by atoms with Gasteiger partial charge in [0.25, 0.3) is 0 Å². The fraction of sp³-hybridized carbons (Fsp3) is 0.619. The van der Waals surface area contributed by atoms with Crippen LogP contribution in [0.15, 0.2) is 18.2 Å². The average molecular weight is 388 g/mol. The molecule has 1 aliphatic carbocycles. The van der Waals surface area contributed by atoms with E-state index in [0.29, 0.717) is 24.5 Å². The van der Waals surface area contributed by atoms with Crippen molar-refractivity contribution < 1.29 is 23.8 Å². The Bertz CT molecular complexity index is 730. The van der Waals surface area contributed by atoms with Crippen molar-refractivity contribution in [1.29, 1.82) is 0 Å². The molecule has 0 spiro atoms. The lowest BCUT2D eigenvalue weighted by molar-refractivity contribution is -0.143. The molecule has 152 valence electrons. The Morgan fingerprint density at radius 3 is 2.61 bits per heavy atom. The van der Waals surface area contributed by atoms with Crippen molar-refractivity contribution in [1.82, 2.24) is 10.2 Å². The molecular formula is C21H28N2O5. The van der Waals surface area contributed by atoms with Gasteiger partial charge in [-0.05, 0) is 49.8 Å². The lowest BCUT2D eigenvalue weighted by atomic mass is 9.84. The first kappa shape index (κ1) is 18.9. The van der Waals surface area contributed by atoms with Crippen molar-refractivity contribution >= 4 is 12.0 Å². The standard InChI is InChI=1S/C21H28N2O5/c1-26-15-7-13(8-16(11-15)27-2)12-22-21(25)28-19-10-14-9-17(19)18-5-3-4-6-23(18)20(14)24/h7-8,11,14,17-19H,3-6,9-10,12H2,1-2H3,(H,22,25)/t14?,17?,18-,19?/m1/s1. The molecule has 4 rings (SSSR count). The fourth-order valence-corrected chi connectivity index (χ4v) is 5.01. The van der Waals surface area contributed by atoms with Crippen LogP contribution in [0.2, 0.25) is 0 Å². The first-order valence-electron chi connectivity index (χ1n) is 10.1. The van der Waals surface area contributed by atoms with Crippen LogP contribution in [0.3, 0.4) is 0 Å². The topological polar surface area (TPSA) is 77.1 Å².